The highest BCUT2D eigenvalue weighted by Crippen LogP contribution is 2.50. The van der Waals surface area contributed by atoms with Crippen LogP contribution in [0.25, 0.3) is 0 Å². The average molecular weight is 204 g/mol. The van der Waals surface area contributed by atoms with Gasteiger partial charge in [0.1, 0.15) is 0 Å². The molecule has 0 aromatic carbocycles. The molecular formula is C13H20N2. The first-order valence-corrected chi connectivity index (χ1v) is 5.67. The van der Waals surface area contributed by atoms with Gasteiger partial charge < -0.3 is 5.73 Å². The molecule has 2 nitrogen and oxygen atoms in total. The molecule has 2 rings (SSSR count). The Bertz CT molecular complexity index is 371. The molecule has 1 aliphatic rings. The molecule has 1 atom stereocenters. The molecule has 15 heavy (non-hydrogen) atoms. The summed E-state index contributed by atoms with van der Waals surface area (Å²) in [6.45, 7) is 6.67. The van der Waals surface area contributed by atoms with Gasteiger partial charge in [0.05, 0.1) is 0 Å². The molecule has 1 aliphatic carbocycles. The zero-order valence-corrected chi connectivity index (χ0v) is 9.88. The number of nitrogens with two attached hydrogens (primary N) is 1. The second kappa shape index (κ2) is 3.31. The fraction of sp³-hybridized carbons (Fsp3) is 0.615. The predicted octanol–water partition coefficient (Wildman–Crippen LogP) is 2.75. The average Bonchev–Trinajstić information content (AvgIpc) is 2.43. The van der Waals surface area contributed by atoms with Crippen LogP contribution in [0, 0.1) is 12.3 Å². The molecule has 1 unspecified atom stereocenters. The van der Waals surface area contributed by atoms with Crippen molar-refractivity contribution in [2.45, 2.75) is 45.6 Å². The van der Waals surface area contributed by atoms with E-state index in [9.17, 15) is 0 Å². The summed E-state index contributed by atoms with van der Waals surface area (Å²) in [6.07, 6.45) is 7.29. The van der Waals surface area contributed by atoms with Crippen LogP contribution < -0.4 is 5.73 Å². The minimum atomic E-state index is -0.189. The largest absolute Gasteiger partial charge is 0.321 e. The van der Waals surface area contributed by atoms with E-state index in [0.29, 0.717) is 0 Å². The minimum absolute atomic E-state index is 0.181. The van der Waals surface area contributed by atoms with Crippen molar-refractivity contribution in [1.29, 1.82) is 0 Å². The Morgan fingerprint density at radius 1 is 1.33 bits per heavy atom. The Morgan fingerprint density at radius 3 is 2.60 bits per heavy atom. The Kier molecular flexibility index (Phi) is 2.34. The standard InChI is InChI=1S/C13H20N2/c1-10-5-8-15-9-11(10)13(14)7-4-6-12(13,2)3/h5,8-9H,4,6-7,14H2,1-3H3. The van der Waals surface area contributed by atoms with E-state index in [-0.39, 0.29) is 11.0 Å². The second-order valence-corrected chi connectivity index (χ2v) is 5.40. The van der Waals surface area contributed by atoms with E-state index in [1.807, 2.05) is 12.4 Å². The SMILES string of the molecule is Cc1ccncc1C1(N)CCCC1(C)C. The summed E-state index contributed by atoms with van der Waals surface area (Å²) in [7, 11) is 0. The molecule has 1 fully saturated rings. The molecule has 2 N–H and O–H groups in total. The third-order valence-electron chi connectivity index (χ3n) is 4.10. The van der Waals surface area contributed by atoms with Gasteiger partial charge >= 0.3 is 0 Å². The van der Waals surface area contributed by atoms with Crippen molar-refractivity contribution >= 4 is 0 Å². The van der Waals surface area contributed by atoms with Gasteiger partial charge in [0.25, 0.3) is 0 Å². The molecule has 82 valence electrons. The molecule has 2 heteroatoms. The third kappa shape index (κ3) is 1.48. The van der Waals surface area contributed by atoms with Crippen LogP contribution in [0.4, 0.5) is 0 Å². The highest BCUT2D eigenvalue weighted by Gasteiger charge is 2.47. The van der Waals surface area contributed by atoms with Crippen molar-refractivity contribution in [3.05, 3.63) is 29.6 Å². The first-order valence-electron chi connectivity index (χ1n) is 5.67. The fourth-order valence-corrected chi connectivity index (χ4v) is 2.80. The Labute approximate surface area is 91.9 Å². The van der Waals surface area contributed by atoms with E-state index in [2.05, 4.69) is 31.8 Å². The van der Waals surface area contributed by atoms with Gasteiger partial charge in [0.15, 0.2) is 0 Å². The second-order valence-electron chi connectivity index (χ2n) is 5.40. The van der Waals surface area contributed by atoms with Crippen LogP contribution in [-0.2, 0) is 5.54 Å². The lowest BCUT2D eigenvalue weighted by atomic mass is 9.71. The Morgan fingerprint density at radius 2 is 2.07 bits per heavy atom. The fourth-order valence-electron chi connectivity index (χ4n) is 2.80. The van der Waals surface area contributed by atoms with Gasteiger partial charge in [-0.1, -0.05) is 20.3 Å². The highest BCUT2D eigenvalue weighted by molar-refractivity contribution is 5.32. The van der Waals surface area contributed by atoms with Gasteiger partial charge in [0, 0.05) is 17.9 Å². The monoisotopic (exact) mass is 204 g/mol. The van der Waals surface area contributed by atoms with E-state index in [4.69, 9.17) is 5.73 Å². The van der Waals surface area contributed by atoms with E-state index in [1.165, 1.54) is 24.0 Å². The lowest BCUT2D eigenvalue weighted by Crippen LogP contribution is -2.46. The molecule has 0 saturated heterocycles. The Hall–Kier alpha value is -0.890. The quantitative estimate of drug-likeness (QED) is 0.764. The summed E-state index contributed by atoms with van der Waals surface area (Å²) in [5.74, 6) is 0. The van der Waals surface area contributed by atoms with Crippen molar-refractivity contribution < 1.29 is 0 Å². The van der Waals surface area contributed by atoms with Crippen LogP contribution in [0.1, 0.15) is 44.2 Å². The van der Waals surface area contributed by atoms with Crippen LogP contribution >= 0.6 is 0 Å². The van der Waals surface area contributed by atoms with E-state index < -0.39 is 0 Å². The minimum Gasteiger partial charge on any atom is -0.321 e. The molecule has 0 amide bonds. The zero-order chi connectivity index (χ0) is 11.1. The number of pyridine rings is 1. The summed E-state index contributed by atoms with van der Waals surface area (Å²) in [4.78, 5) is 4.22. The number of aryl methyl sites for hydroxylation is 1. The maximum atomic E-state index is 6.62. The summed E-state index contributed by atoms with van der Waals surface area (Å²) < 4.78 is 0. The molecule has 0 aliphatic heterocycles. The van der Waals surface area contributed by atoms with Gasteiger partial charge in [-0.2, -0.15) is 0 Å². The molecular weight excluding hydrogens is 184 g/mol. The predicted molar refractivity (Wildman–Crippen MR) is 62.5 cm³/mol. The number of aromatic nitrogens is 1. The number of rotatable bonds is 1. The summed E-state index contributed by atoms with van der Waals surface area (Å²) in [5, 5.41) is 0. The van der Waals surface area contributed by atoms with E-state index in [1.54, 1.807) is 0 Å². The summed E-state index contributed by atoms with van der Waals surface area (Å²) in [5.41, 5.74) is 9.11. The molecule has 0 radical (unpaired) electrons. The topological polar surface area (TPSA) is 38.9 Å². The molecule has 1 aromatic heterocycles. The normalized spacial score (nSPS) is 29.3. The molecule has 1 aromatic rings. The lowest BCUT2D eigenvalue weighted by molar-refractivity contribution is 0.209. The molecule has 1 saturated carbocycles. The van der Waals surface area contributed by atoms with Gasteiger partial charge in [-0.25, -0.2) is 0 Å². The van der Waals surface area contributed by atoms with Crippen molar-refractivity contribution in [3.8, 4) is 0 Å². The highest BCUT2D eigenvalue weighted by atomic mass is 14.8. The first-order chi connectivity index (χ1) is 6.97. The van der Waals surface area contributed by atoms with Crippen LogP contribution in [0.5, 0.6) is 0 Å². The van der Waals surface area contributed by atoms with Crippen LogP contribution in [0.3, 0.4) is 0 Å². The van der Waals surface area contributed by atoms with Crippen molar-refractivity contribution in [3.63, 3.8) is 0 Å². The number of hydrogen-bond donors (Lipinski definition) is 1. The number of nitrogens with zero attached hydrogens (tertiary/aromatic N) is 1. The zero-order valence-electron chi connectivity index (χ0n) is 9.88. The molecule has 0 bridgehead atoms. The van der Waals surface area contributed by atoms with Crippen LogP contribution in [0.2, 0.25) is 0 Å². The van der Waals surface area contributed by atoms with Crippen LogP contribution in [-0.4, -0.2) is 4.98 Å². The summed E-state index contributed by atoms with van der Waals surface area (Å²) >= 11 is 0. The van der Waals surface area contributed by atoms with Crippen molar-refractivity contribution in [2.75, 3.05) is 0 Å². The van der Waals surface area contributed by atoms with Gasteiger partial charge in [0.2, 0.25) is 0 Å². The van der Waals surface area contributed by atoms with Gasteiger partial charge in [-0.15, -0.1) is 0 Å². The smallest absolute Gasteiger partial charge is 0.0479 e. The third-order valence-corrected chi connectivity index (χ3v) is 4.10. The number of hydrogen-bond acceptors (Lipinski definition) is 2. The molecule has 0 spiro atoms. The maximum Gasteiger partial charge on any atom is 0.0479 e. The maximum absolute atomic E-state index is 6.62. The van der Waals surface area contributed by atoms with E-state index in [0.717, 1.165) is 6.42 Å². The van der Waals surface area contributed by atoms with E-state index >= 15 is 0 Å². The molecule has 1 heterocycles. The van der Waals surface area contributed by atoms with Crippen LogP contribution in [0.15, 0.2) is 18.5 Å². The van der Waals surface area contributed by atoms with Gasteiger partial charge in [-0.05, 0) is 42.4 Å². The van der Waals surface area contributed by atoms with Crippen molar-refractivity contribution in [1.82, 2.24) is 4.98 Å². The first kappa shape index (κ1) is 10.6. The van der Waals surface area contributed by atoms with Gasteiger partial charge in [-0.3, -0.25) is 4.98 Å². The lowest BCUT2D eigenvalue weighted by Gasteiger charge is -2.39. The summed E-state index contributed by atoms with van der Waals surface area (Å²) in [6, 6.07) is 2.05. The van der Waals surface area contributed by atoms with Crippen molar-refractivity contribution in [2.24, 2.45) is 11.1 Å². The Balaban J connectivity index is 2.50.